The van der Waals surface area contributed by atoms with E-state index >= 15 is 0 Å². The number of H-pyrrole nitrogens is 1. The molecule has 0 bridgehead atoms. The predicted octanol–water partition coefficient (Wildman–Crippen LogP) is 0.993. The molecule has 0 spiro atoms. The summed E-state index contributed by atoms with van der Waals surface area (Å²) in [7, 11) is 1.79. The monoisotopic (exact) mass is 266 g/mol. The number of likely N-dealkylation sites (tertiary alicyclic amines) is 1. The van der Waals surface area contributed by atoms with Crippen LogP contribution < -0.4 is 0 Å². The summed E-state index contributed by atoms with van der Waals surface area (Å²) in [6.45, 7) is 3.90. The molecule has 0 aromatic carbocycles. The van der Waals surface area contributed by atoms with Crippen molar-refractivity contribution in [1.29, 1.82) is 0 Å². The first-order chi connectivity index (χ1) is 9.36. The molecule has 6 heteroatoms. The third kappa shape index (κ3) is 2.96. The molecule has 2 aliphatic heterocycles. The van der Waals surface area contributed by atoms with Gasteiger partial charge in [0, 0.05) is 33.4 Å². The number of rotatable bonds is 4. The number of hydrogen-bond donors (Lipinski definition) is 1. The standard InChI is InChI=1S/C13H22N4O2/c1-18-11-6-12(13-14-9-15-16-13)17(8-11)7-10-2-4-19-5-3-10/h9-12H,2-8H2,1H3,(H,14,15,16)/t11-,12+/m1/s1. The highest BCUT2D eigenvalue weighted by atomic mass is 16.5. The van der Waals surface area contributed by atoms with Crippen LogP contribution in [0.1, 0.15) is 31.1 Å². The summed E-state index contributed by atoms with van der Waals surface area (Å²) in [5, 5.41) is 6.98. The maximum Gasteiger partial charge on any atom is 0.141 e. The number of aromatic nitrogens is 3. The van der Waals surface area contributed by atoms with Crippen LogP contribution in [-0.2, 0) is 9.47 Å². The van der Waals surface area contributed by atoms with Crippen molar-refractivity contribution in [3.63, 3.8) is 0 Å². The minimum atomic E-state index is 0.301. The highest BCUT2D eigenvalue weighted by Crippen LogP contribution is 2.33. The minimum absolute atomic E-state index is 0.301. The highest BCUT2D eigenvalue weighted by molar-refractivity contribution is 4.99. The van der Waals surface area contributed by atoms with Crippen molar-refractivity contribution in [1.82, 2.24) is 20.1 Å². The topological polar surface area (TPSA) is 63.3 Å². The fourth-order valence-corrected chi connectivity index (χ4v) is 3.15. The fraction of sp³-hybridized carbons (Fsp3) is 0.846. The number of methoxy groups -OCH3 is 1. The molecule has 2 saturated heterocycles. The Balaban J connectivity index is 1.66. The smallest absolute Gasteiger partial charge is 0.141 e. The van der Waals surface area contributed by atoms with Crippen LogP contribution in [0.5, 0.6) is 0 Å². The van der Waals surface area contributed by atoms with Crippen LogP contribution in [0.25, 0.3) is 0 Å². The Morgan fingerprint density at radius 1 is 1.47 bits per heavy atom. The van der Waals surface area contributed by atoms with E-state index in [1.54, 1.807) is 13.4 Å². The lowest BCUT2D eigenvalue weighted by Gasteiger charge is -2.29. The Morgan fingerprint density at radius 2 is 2.32 bits per heavy atom. The molecule has 3 heterocycles. The van der Waals surface area contributed by atoms with Crippen molar-refractivity contribution in [2.24, 2.45) is 5.92 Å². The average molecular weight is 266 g/mol. The Morgan fingerprint density at radius 3 is 3.00 bits per heavy atom. The molecule has 0 unspecified atom stereocenters. The van der Waals surface area contributed by atoms with E-state index in [-0.39, 0.29) is 0 Å². The largest absolute Gasteiger partial charge is 0.381 e. The van der Waals surface area contributed by atoms with E-state index in [0.717, 1.165) is 57.3 Å². The van der Waals surface area contributed by atoms with Crippen LogP contribution in [0.4, 0.5) is 0 Å². The number of ether oxygens (including phenoxy) is 2. The Kier molecular flexibility index (Phi) is 4.10. The zero-order valence-electron chi connectivity index (χ0n) is 11.4. The van der Waals surface area contributed by atoms with Gasteiger partial charge in [-0.05, 0) is 25.2 Å². The molecule has 0 amide bonds. The second kappa shape index (κ2) is 5.98. The SMILES string of the molecule is CO[C@@H]1C[C@@H](c2ncn[nH]2)N(CC2CCOCC2)C1. The second-order valence-corrected chi connectivity index (χ2v) is 5.49. The molecule has 0 saturated carbocycles. The van der Waals surface area contributed by atoms with Crippen LogP contribution >= 0.6 is 0 Å². The molecule has 6 nitrogen and oxygen atoms in total. The van der Waals surface area contributed by atoms with Crippen LogP contribution in [0, 0.1) is 5.92 Å². The van der Waals surface area contributed by atoms with Crippen molar-refractivity contribution in [3.8, 4) is 0 Å². The molecule has 1 N–H and O–H groups in total. The number of aromatic amines is 1. The highest BCUT2D eigenvalue weighted by Gasteiger charge is 2.36. The molecule has 19 heavy (non-hydrogen) atoms. The van der Waals surface area contributed by atoms with Gasteiger partial charge < -0.3 is 9.47 Å². The lowest BCUT2D eigenvalue weighted by atomic mass is 9.99. The van der Waals surface area contributed by atoms with Gasteiger partial charge in [-0.3, -0.25) is 10.00 Å². The van der Waals surface area contributed by atoms with Gasteiger partial charge in [-0.15, -0.1) is 0 Å². The van der Waals surface area contributed by atoms with Gasteiger partial charge in [0.05, 0.1) is 12.1 Å². The van der Waals surface area contributed by atoms with Crippen molar-refractivity contribution in [3.05, 3.63) is 12.2 Å². The lowest BCUT2D eigenvalue weighted by molar-refractivity contribution is 0.0472. The molecule has 0 aliphatic carbocycles. The van der Waals surface area contributed by atoms with Gasteiger partial charge in [0.25, 0.3) is 0 Å². The number of hydrogen-bond acceptors (Lipinski definition) is 5. The summed E-state index contributed by atoms with van der Waals surface area (Å²) in [5.41, 5.74) is 0. The first kappa shape index (κ1) is 13.0. The molecule has 2 atom stereocenters. The number of nitrogens with zero attached hydrogens (tertiary/aromatic N) is 3. The van der Waals surface area contributed by atoms with Gasteiger partial charge in [0.1, 0.15) is 12.2 Å². The summed E-state index contributed by atoms with van der Waals surface area (Å²) >= 11 is 0. The summed E-state index contributed by atoms with van der Waals surface area (Å²) < 4.78 is 11.0. The fourth-order valence-electron chi connectivity index (χ4n) is 3.15. The van der Waals surface area contributed by atoms with Crippen molar-refractivity contribution < 1.29 is 9.47 Å². The van der Waals surface area contributed by atoms with Gasteiger partial charge >= 0.3 is 0 Å². The Labute approximate surface area is 113 Å². The minimum Gasteiger partial charge on any atom is -0.381 e. The molecule has 0 radical (unpaired) electrons. The zero-order chi connectivity index (χ0) is 13.1. The third-order valence-electron chi connectivity index (χ3n) is 4.28. The van der Waals surface area contributed by atoms with Crippen molar-refractivity contribution >= 4 is 0 Å². The van der Waals surface area contributed by atoms with Crippen molar-refractivity contribution in [2.75, 3.05) is 33.4 Å². The molecule has 3 rings (SSSR count). The van der Waals surface area contributed by atoms with E-state index in [0.29, 0.717) is 12.1 Å². The van der Waals surface area contributed by atoms with Crippen LogP contribution in [0.15, 0.2) is 6.33 Å². The van der Waals surface area contributed by atoms with E-state index in [2.05, 4.69) is 20.1 Å². The van der Waals surface area contributed by atoms with Crippen LogP contribution in [0.3, 0.4) is 0 Å². The van der Waals surface area contributed by atoms with E-state index in [4.69, 9.17) is 9.47 Å². The summed E-state index contributed by atoms with van der Waals surface area (Å²) in [6.07, 6.45) is 5.21. The van der Waals surface area contributed by atoms with Crippen LogP contribution in [0.2, 0.25) is 0 Å². The normalized spacial score (nSPS) is 29.9. The van der Waals surface area contributed by atoms with Gasteiger partial charge in [0.2, 0.25) is 0 Å². The molecule has 1 aromatic heterocycles. The van der Waals surface area contributed by atoms with Crippen LogP contribution in [-0.4, -0.2) is 59.6 Å². The van der Waals surface area contributed by atoms with Gasteiger partial charge in [-0.25, -0.2) is 4.98 Å². The zero-order valence-corrected chi connectivity index (χ0v) is 11.4. The predicted molar refractivity (Wildman–Crippen MR) is 69.7 cm³/mol. The number of nitrogens with one attached hydrogen (secondary N) is 1. The van der Waals surface area contributed by atoms with Gasteiger partial charge in [-0.2, -0.15) is 5.10 Å². The molecule has 2 aliphatic rings. The van der Waals surface area contributed by atoms with Gasteiger partial charge in [-0.1, -0.05) is 0 Å². The summed E-state index contributed by atoms with van der Waals surface area (Å²) in [6, 6.07) is 0.315. The van der Waals surface area contributed by atoms with E-state index < -0.39 is 0 Å². The van der Waals surface area contributed by atoms with E-state index in [1.807, 2.05) is 0 Å². The van der Waals surface area contributed by atoms with E-state index in [9.17, 15) is 0 Å². The van der Waals surface area contributed by atoms with E-state index in [1.165, 1.54) is 0 Å². The first-order valence-electron chi connectivity index (χ1n) is 7.06. The Bertz CT molecular complexity index is 378. The Hall–Kier alpha value is -0.980. The quantitative estimate of drug-likeness (QED) is 0.880. The first-order valence-corrected chi connectivity index (χ1v) is 7.06. The second-order valence-electron chi connectivity index (χ2n) is 5.49. The molecular formula is C13H22N4O2. The van der Waals surface area contributed by atoms with Crippen molar-refractivity contribution in [2.45, 2.75) is 31.4 Å². The van der Waals surface area contributed by atoms with Gasteiger partial charge in [0.15, 0.2) is 0 Å². The lowest BCUT2D eigenvalue weighted by Crippen LogP contribution is -2.33. The third-order valence-corrected chi connectivity index (χ3v) is 4.28. The molecule has 2 fully saturated rings. The maximum absolute atomic E-state index is 5.53. The maximum atomic E-state index is 5.53. The molecule has 106 valence electrons. The average Bonchev–Trinajstić information content (AvgIpc) is 3.08. The summed E-state index contributed by atoms with van der Waals surface area (Å²) in [5.74, 6) is 1.70. The summed E-state index contributed by atoms with van der Waals surface area (Å²) in [4.78, 5) is 6.81. The molecule has 1 aromatic rings. The molecular weight excluding hydrogens is 244 g/mol.